The molecule has 106 valence electrons. The lowest BCUT2D eigenvalue weighted by Gasteiger charge is -2.21. The monoisotopic (exact) mass is 261 g/mol. The summed E-state index contributed by atoms with van der Waals surface area (Å²) in [5.74, 6) is 1.56. The van der Waals surface area contributed by atoms with Crippen molar-refractivity contribution in [3.05, 3.63) is 35.4 Å². The van der Waals surface area contributed by atoms with Crippen LogP contribution in [0.15, 0.2) is 24.3 Å². The molecule has 1 aromatic rings. The highest BCUT2D eigenvalue weighted by atomic mass is 16.1. The second kappa shape index (κ2) is 7.32. The molecule has 0 saturated heterocycles. The van der Waals surface area contributed by atoms with E-state index in [9.17, 15) is 4.79 Å². The van der Waals surface area contributed by atoms with Gasteiger partial charge in [0.15, 0.2) is 0 Å². The Morgan fingerprint density at radius 3 is 2.11 bits per heavy atom. The lowest BCUT2D eigenvalue weighted by Crippen LogP contribution is -2.22. The number of nitrogens with one attached hydrogen (secondary N) is 1. The summed E-state index contributed by atoms with van der Waals surface area (Å²) in [6, 6.07) is 8.78. The van der Waals surface area contributed by atoms with E-state index < -0.39 is 0 Å². The van der Waals surface area contributed by atoms with Gasteiger partial charge in [0, 0.05) is 13.5 Å². The molecule has 2 heteroatoms. The predicted molar refractivity (Wildman–Crippen MR) is 81.2 cm³/mol. The Morgan fingerprint density at radius 1 is 1.11 bits per heavy atom. The van der Waals surface area contributed by atoms with E-state index in [0.717, 1.165) is 6.42 Å². The first-order chi connectivity index (χ1) is 8.93. The van der Waals surface area contributed by atoms with E-state index in [0.29, 0.717) is 24.2 Å². The molecule has 1 amide bonds. The quantitative estimate of drug-likeness (QED) is 0.830. The van der Waals surface area contributed by atoms with E-state index in [-0.39, 0.29) is 5.91 Å². The molecule has 19 heavy (non-hydrogen) atoms. The van der Waals surface area contributed by atoms with Crippen molar-refractivity contribution in [3.8, 4) is 0 Å². The molecule has 0 aliphatic heterocycles. The van der Waals surface area contributed by atoms with Gasteiger partial charge in [0.05, 0.1) is 0 Å². The fourth-order valence-corrected chi connectivity index (χ4v) is 2.41. The number of hydrogen-bond acceptors (Lipinski definition) is 1. The standard InChI is InChI=1S/C17H27NO/c1-12(2)10-14-6-8-15(9-7-14)16(13(3)4)11-17(19)18-5/h6-9,12-13,16H,10-11H2,1-5H3,(H,18,19). The Kier molecular flexibility index (Phi) is 6.07. The summed E-state index contributed by atoms with van der Waals surface area (Å²) in [5, 5.41) is 2.72. The largest absolute Gasteiger partial charge is 0.359 e. The van der Waals surface area contributed by atoms with Crippen molar-refractivity contribution >= 4 is 5.91 Å². The highest BCUT2D eigenvalue weighted by Gasteiger charge is 2.18. The highest BCUT2D eigenvalue weighted by molar-refractivity contribution is 5.76. The van der Waals surface area contributed by atoms with Crippen molar-refractivity contribution < 1.29 is 4.79 Å². The summed E-state index contributed by atoms with van der Waals surface area (Å²) >= 11 is 0. The average molecular weight is 261 g/mol. The van der Waals surface area contributed by atoms with Crippen LogP contribution < -0.4 is 5.32 Å². The second-order valence-corrected chi connectivity index (χ2v) is 6.07. The minimum absolute atomic E-state index is 0.116. The SMILES string of the molecule is CNC(=O)CC(c1ccc(CC(C)C)cc1)C(C)C. The first-order valence-corrected chi connectivity index (χ1v) is 7.23. The Bertz CT molecular complexity index is 392. The molecular weight excluding hydrogens is 234 g/mol. The Hall–Kier alpha value is -1.31. The third kappa shape index (κ3) is 5.06. The number of benzene rings is 1. The van der Waals surface area contributed by atoms with Gasteiger partial charge in [0.1, 0.15) is 0 Å². The lowest BCUT2D eigenvalue weighted by molar-refractivity contribution is -0.121. The molecule has 1 N–H and O–H groups in total. The molecule has 0 saturated carbocycles. The summed E-state index contributed by atoms with van der Waals surface area (Å²) < 4.78 is 0. The number of hydrogen-bond donors (Lipinski definition) is 1. The number of carbonyl (C=O) groups is 1. The van der Waals surface area contributed by atoms with Crippen LogP contribution in [0.5, 0.6) is 0 Å². The van der Waals surface area contributed by atoms with Crippen molar-refractivity contribution in [1.82, 2.24) is 5.32 Å². The molecular formula is C17H27NO. The fraction of sp³-hybridized carbons (Fsp3) is 0.588. The topological polar surface area (TPSA) is 29.1 Å². The van der Waals surface area contributed by atoms with E-state index in [2.05, 4.69) is 57.3 Å². The zero-order valence-corrected chi connectivity index (χ0v) is 12.9. The molecule has 0 spiro atoms. The summed E-state index contributed by atoms with van der Waals surface area (Å²) in [6.07, 6.45) is 1.68. The second-order valence-electron chi connectivity index (χ2n) is 6.07. The van der Waals surface area contributed by atoms with Crippen LogP contribution in [0.4, 0.5) is 0 Å². The van der Waals surface area contributed by atoms with E-state index in [4.69, 9.17) is 0 Å². The van der Waals surface area contributed by atoms with Gasteiger partial charge in [-0.3, -0.25) is 4.79 Å². The van der Waals surface area contributed by atoms with Crippen molar-refractivity contribution in [2.45, 2.75) is 46.5 Å². The summed E-state index contributed by atoms with van der Waals surface area (Å²) in [6.45, 7) is 8.82. The van der Waals surface area contributed by atoms with Gasteiger partial charge in [-0.2, -0.15) is 0 Å². The molecule has 0 aromatic heterocycles. The van der Waals surface area contributed by atoms with Gasteiger partial charge in [0.25, 0.3) is 0 Å². The molecule has 0 bridgehead atoms. The molecule has 1 aromatic carbocycles. The molecule has 0 aliphatic carbocycles. The van der Waals surface area contributed by atoms with Crippen LogP contribution in [0.1, 0.15) is 51.2 Å². The van der Waals surface area contributed by atoms with Gasteiger partial charge in [-0.05, 0) is 35.3 Å². The van der Waals surface area contributed by atoms with Crippen LogP contribution in [-0.4, -0.2) is 13.0 Å². The van der Waals surface area contributed by atoms with Gasteiger partial charge in [0.2, 0.25) is 5.91 Å². The molecule has 1 rings (SSSR count). The fourth-order valence-electron chi connectivity index (χ4n) is 2.41. The third-order valence-corrected chi connectivity index (χ3v) is 3.54. The van der Waals surface area contributed by atoms with Crippen LogP contribution >= 0.6 is 0 Å². The van der Waals surface area contributed by atoms with E-state index >= 15 is 0 Å². The molecule has 0 fully saturated rings. The van der Waals surface area contributed by atoms with Gasteiger partial charge < -0.3 is 5.32 Å². The molecule has 0 radical (unpaired) electrons. The first kappa shape index (κ1) is 15.7. The van der Waals surface area contributed by atoms with Gasteiger partial charge in [-0.1, -0.05) is 52.0 Å². The molecule has 0 heterocycles. The van der Waals surface area contributed by atoms with Gasteiger partial charge in [-0.15, -0.1) is 0 Å². The molecule has 0 aliphatic rings. The van der Waals surface area contributed by atoms with Crippen LogP contribution in [0.2, 0.25) is 0 Å². The van der Waals surface area contributed by atoms with Crippen LogP contribution in [0.25, 0.3) is 0 Å². The number of rotatable bonds is 6. The molecule has 2 nitrogen and oxygen atoms in total. The minimum Gasteiger partial charge on any atom is -0.359 e. The van der Waals surface area contributed by atoms with Crippen molar-refractivity contribution in [2.75, 3.05) is 7.05 Å². The lowest BCUT2D eigenvalue weighted by atomic mass is 9.85. The van der Waals surface area contributed by atoms with Crippen molar-refractivity contribution in [1.29, 1.82) is 0 Å². The zero-order valence-electron chi connectivity index (χ0n) is 12.9. The van der Waals surface area contributed by atoms with Crippen LogP contribution in [0.3, 0.4) is 0 Å². The number of carbonyl (C=O) groups excluding carboxylic acids is 1. The smallest absolute Gasteiger partial charge is 0.220 e. The minimum atomic E-state index is 0.116. The maximum atomic E-state index is 11.6. The van der Waals surface area contributed by atoms with Gasteiger partial charge >= 0.3 is 0 Å². The molecule has 1 unspecified atom stereocenters. The average Bonchev–Trinajstić information content (AvgIpc) is 2.35. The normalized spacial score (nSPS) is 12.8. The van der Waals surface area contributed by atoms with Gasteiger partial charge in [-0.25, -0.2) is 0 Å². The Morgan fingerprint density at radius 2 is 1.68 bits per heavy atom. The third-order valence-electron chi connectivity index (χ3n) is 3.54. The summed E-state index contributed by atoms with van der Waals surface area (Å²) in [5.41, 5.74) is 2.65. The van der Waals surface area contributed by atoms with Crippen molar-refractivity contribution in [2.24, 2.45) is 11.8 Å². The summed E-state index contributed by atoms with van der Waals surface area (Å²) in [7, 11) is 1.70. The van der Waals surface area contributed by atoms with Crippen LogP contribution in [0, 0.1) is 11.8 Å². The van der Waals surface area contributed by atoms with Crippen molar-refractivity contribution in [3.63, 3.8) is 0 Å². The van der Waals surface area contributed by atoms with E-state index in [1.807, 2.05) is 0 Å². The van der Waals surface area contributed by atoms with E-state index in [1.54, 1.807) is 7.05 Å². The zero-order chi connectivity index (χ0) is 14.4. The predicted octanol–water partition coefficient (Wildman–Crippen LogP) is 3.76. The first-order valence-electron chi connectivity index (χ1n) is 7.23. The Balaban J connectivity index is 2.82. The molecule has 1 atom stereocenters. The van der Waals surface area contributed by atoms with E-state index in [1.165, 1.54) is 11.1 Å². The maximum Gasteiger partial charge on any atom is 0.220 e. The Labute approximate surface area is 117 Å². The maximum absolute atomic E-state index is 11.6. The highest BCUT2D eigenvalue weighted by Crippen LogP contribution is 2.28. The van der Waals surface area contributed by atoms with Crippen LogP contribution in [-0.2, 0) is 11.2 Å². The summed E-state index contributed by atoms with van der Waals surface area (Å²) in [4.78, 5) is 11.6. The number of amides is 1.